The molecule has 0 spiro atoms. The Morgan fingerprint density at radius 2 is 1.20 bits per heavy atom. The minimum Gasteiger partial charge on any atom is -0.333 e. The van der Waals surface area contributed by atoms with Gasteiger partial charge in [0.25, 0.3) is 0 Å². The second-order valence-corrected chi connectivity index (χ2v) is 19.3. The number of pyridine rings is 1. The fourth-order valence-electron chi connectivity index (χ4n) is 6.13. The van der Waals surface area contributed by atoms with Crippen molar-refractivity contribution in [3.8, 4) is 39.5 Å². The Kier molecular flexibility index (Phi) is 11.9. The van der Waals surface area contributed by atoms with Crippen LogP contribution in [0.25, 0.3) is 50.5 Å². The maximum absolute atomic E-state index is 5.07. The summed E-state index contributed by atoms with van der Waals surface area (Å²) in [6, 6.07) is 50.8. The van der Waals surface area contributed by atoms with E-state index in [0.29, 0.717) is 11.8 Å². The van der Waals surface area contributed by atoms with E-state index in [-0.39, 0.29) is 20.1 Å². The van der Waals surface area contributed by atoms with E-state index in [0.717, 1.165) is 33.7 Å². The van der Waals surface area contributed by atoms with Crippen molar-refractivity contribution in [1.82, 2.24) is 14.5 Å². The molecule has 50 heavy (non-hydrogen) atoms. The van der Waals surface area contributed by atoms with E-state index in [1.165, 1.54) is 33.1 Å². The number of hydrogen-bond acceptors (Lipinski definition) is 2. The van der Waals surface area contributed by atoms with Crippen molar-refractivity contribution in [3.05, 3.63) is 157 Å². The van der Waals surface area contributed by atoms with Gasteiger partial charge in [-0.1, -0.05) is 102 Å². The van der Waals surface area contributed by atoms with Crippen LogP contribution in [0.15, 0.2) is 134 Å². The van der Waals surface area contributed by atoms with Crippen molar-refractivity contribution in [3.63, 3.8) is 0 Å². The first kappa shape index (κ1) is 36.9. The Labute approximate surface area is 312 Å². The van der Waals surface area contributed by atoms with Crippen LogP contribution >= 0.6 is 0 Å². The predicted octanol–water partition coefficient (Wildman–Crippen LogP) is 11.5. The third-order valence-electron chi connectivity index (χ3n) is 8.87. The topological polar surface area (TPSA) is 30.7 Å². The molecule has 7 rings (SSSR count). The summed E-state index contributed by atoms with van der Waals surface area (Å²) < 4.78 is 2.36. The number of hydrogen-bond donors (Lipinski definition) is 0. The number of para-hydroxylation sites is 2. The number of aromatic nitrogens is 3. The SMILES string of the molecule is CC(C)c1cc(-c2ccccc2)cc(C(C)C)c1-n1c(-c2[c-]cccc2)nc2ccccc21.C[Si](C)(C)c1ccc(-c2[c-]cccc2)nc1.[Ir]. The first-order chi connectivity index (χ1) is 23.6. The van der Waals surface area contributed by atoms with Crippen molar-refractivity contribution >= 4 is 24.3 Å². The molecule has 255 valence electrons. The average molecular weight is 848 g/mol. The van der Waals surface area contributed by atoms with Gasteiger partial charge < -0.3 is 9.55 Å². The number of benzene rings is 5. The van der Waals surface area contributed by atoms with Gasteiger partial charge in [0.1, 0.15) is 0 Å². The molecule has 2 heterocycles. The minimum absolute atomic E-state index is 0. The third-order valence-corrected chi connectivity index (χ3v) is 10.9. The number of nitrogens with zero attached hydrogens (tertiary/aromatic N) is 3. The van der Waals surface area contributed by atoms with E-state index < -0.39 is 8.07 Å². The van der Waals surface area contributed by atoms with Crippen LogP contribution in [0.4, 0.5) is 0 Å². The molecule has 0 aliphatic rings. The third kappa shape index (κ3) is 8.13. The van der Waals surface area contributed by atoms with E-state index in [2.05, 4.69) is 160 Å². The quantitative estimate of drug-likeness (QED) is 0.118. The summed E-state index contributed by atoms with van der Waals surface area (Å²) in [7, 11) is -1.23. The van der Waals surface area contributed by atoms with Gasteiger partial charge in [-0.15, -0.1) is 71.8 Å². The molecule has 0 amide bonds. The molecular weight excluding hydrogens is 803 g/mol. The Morgan fingerprint density at radius 1 is 0.620 bits per heavy atom. The zero-order chi connectivity index (χ0) is 34.5. The van der Waals surface area contributed by atoms with Crippen LogP contribution in [-0.2, 0) is 20.1 Å². The van der Waals surface area contributed by atoms with Gasteiger partial charge >= 0.3 is 0 Å². The number of rotatable bonds is 7. The van der Waals surface area contributed by atoms with Crippen molar-refractivity contribution in [2.24, 2.45) is 0 Å². The second-order valence-electron chi connectivity index (χ2n) is 14.2. The molecule has 2 aromatic heterocycles. The van der Waals surface area contributed by atoms with Crippen LogP contribution in [0.5, 0.6) is 0 Å². The smallest absolute Gasteiger partial charge is 0.0795 e. The zero-order valence-corrected chi connectivity index (χ0v) is 33.4. The molecule has 7 aromatic rings. The summed E-state index contributed by atoms with van der Waals surface area (Å²) in [4.78, 5) is 9.59. The van der Waals surface area contributed by atoms with Crippen molar-refractivity contribution in [2.75, 3.05) is 0 Å². The summed E-state index contributed by atoms with van der Waals surface area (Å²) >= 11 is 0. The number of fused-ring (bicyclic) bond motifs is 1. The van der Waals surface area contributed by atoms with Gasteiger partial charge in [-0.2, -0.15) is 0 Å². The predicted molar refractivity (Wildman–Crippen MR) is 210 cm³/mol. The average Bonchev–Trinajstić information content (AvgIpc) is 3.51. The van der Waals surface area contributed by atoms with Gasteiger partial charge in [0.15, 0.2) is 0 Å². The molecule has 5 heteroatoms. The molecule has 0 aliphatic carbocycles. The molecule has 0 bridgehead atoms. The fraction of sp³-hybridized carbons (Fsp3) is 0.200. The van der Waals surface area contributed by atoms with E-state index in [9.17, 15) is 0 Å². The van der Waals surface area contributed by atoms with Crippen LogP contribution in [0.3, 0.4) is 0 Å². The molecular formula is C45H45IrN3Si-2. The summed E-state index contributed by atoms with van der Waals surface area (Å²) in [6.07, 6.45) is 2.02. The molecule has 0 atom stereocenters. The maximum atomic E-state index is 5.07. The summed E-state index contributed by atoms with van der Waals surface area (Å²) in [5, 5.41) is 1.40. The Balaban J connectivity index is 0.000000241. The fourth-order valence-corrected chi connectivity index (χ4v) is 7.17. The van der Waals surface area contributed by atoms with E-state index in [1.807, 2.05) is 42.6 Å². The van der Waals surface area contributed by atoms with Gasteiger partial charge in [-0.3, -0.25) is 4.98 Å². The van der Waals surface area contributed by atoms with Crippen molar-refractivity contribution < 1.29 is 20.1 Å². The first-order valence-electron chi connectivity index (χ1n) is 17.2. The summed E-state index contributed by atoms with van der Waals surface area (Å²) in [5.41, 5.74) is 11.6. The van der Waals surface area contributed by atoms with E-state index >= 15 is 0 Å². The molecule has 0 saturated carbocycles. The standard InChI is InChI=1S/C31H29N2.C14H16NSi.Ir/c1-21(2)26-19-25(23-13-7-5-8-14-23)20-27(22(3)4)30(26)33-29-18-12-11-17-28(29)32-31(33)24-15-9-6-10-16-24;1-16(2,3)13-9-10-14(15-11-13)12-7-5-4-6-8-12;/h5-15,17-22H,1-4H3;4-7,9-11H,1-3H3;/q2*-1;. The van der Waals surface area contributed by atoms with Crippen LogP contribution in [0.1, 0.15) is 50.7 Å². The van der Waals surface area contributed by atoms with Crippen LogP contribution in [0, 0.1) is 12.1 Å². The summed E-state index contributed by atoms with van der Waals surface area (Å²) in [6.45, 7) is 16.1. The molecule has 0 N–H and O–H groups in total. The molecule has 0 fully saturated rings. The Bertz CT molecular complexity index is 2100. The molecule has 0 aliphatic heterocycles. The van der Waals surface area contributed by atoms with Gasteiger partial charge in [0, 0.05) is 32.0 Å². The van der Waals surface area contributed by atoms with Gasteiger partial charge in [0.2, 0.25) is 0 Å². The minimum atomic E-state index is -1.23. The maximum Gasteiger partial charge on any atom is 0.0795 e. The zero-order valence-electron chi connectivity index (χ0n) is 30.0. The van der Waals surface area contributed by atoms with Crippen LogP contribution in [0.2, 0.25) is 19.6 Å². The second kappa shape index (κ2) is 16.1. The molecule has 1 radical (unpaired) electrons. The molecule has 3 nitrogen and oxygen atoms in total. The summed E-state index contributed by atoms with van der Waals surface area (Å²) in [5.74, 6) is 1.65. The van der Waals surface area contributed by atoms with Crippen LogP contribution < -0.4 is 5.19 Å². The van der Waals surface area contributed by atoms with Crippen molar-refractivity contribution in [1.29, 1.82) is 0 Å². The van der Waals surface area contributed by atoms with Crippen LogP contribution in [-0.4, -0.2) is 22.6 Å². The van der Waals surface area contributed by atoms with E-state index in [4.69, 9.17) is 4.98 Å². The van der Waals surface area contributed by atoms with Gasteiger partial charge in [0.05, 0.1) is 24.9 Å². The normalized spacial score (nSPS) is 11.3. The Morgan fingerprint density at radius 3 is 1.74 bits per heavy atom. The largest absolute Gasteiger partial charge is 0.333 e. The molecule has 5 aromatic carbocycles. The number of imidazole rings is 1. The Hall–Kier alpha value is -4.41. The molecule has 0 saturated heterocycles. The van der Waals surface area contributed by atoms with Gasteiger partial charge in [-0.05, 0) is 69.2 Å². The van der Waals surface area contributed by atoms with E-state index in [1.54, 1.807) is 0 Å². The monoisotopic (exact) mass is 848 g/mol. The molecule has 0 unspecified atom stereocenters. The van der Waals surface area contributed by atoms with Gasteiger partial charge in [-0.25, -0.2) is 0 Å². The first-order valence-corrected chi connectivity index (χ1v) is 20.7. The van der Waals surface area contributed by atoms with Crippen molar-refractivity contribution in [2.45, 2.75) is 59.2 Å².